The minimum absolute atomic E-state index is 0.480. The third-order valence-electron chi connectivity index (χ3n) is 2.24. The van der Waals surface area contributed by atoms with E-state index in [1.54, 1.807) is 24.2 Å². The Balaban J connectivity index is 2.34. The second-order valence-electron chi connectivity index (χ2n) is 3.62. The Hall–Kier alpha value is -1.55. The van der Waals surface area contributed by atoms with Gasteiger partial charge in [-0.15, -0.1) is 0 Å². The largest absolute Gasteiger partial charge is 0.381 e. The van der Waals surface area contributed by atoms with Gasteiger partial charge in [0.2, 0.25) is 0 Å². The number of anilines is 1. The van der Waals surface area contributed by atoms with Crippen LogP contribution in [-0.2, 0) is 0 Å². The molecule has 0 aliphatic heterocycles. The van der Waals surface area contributed by atoms with Crippen LogP contribution in [0, 0.1) is 13.8 Å². The van der Waals surface area contributed by atoms with Crippen LogP contribution in [0.25, 0.3) is 0 Å². The van der Waals surface area contributed by atoms with E-state index < -0.39 is 0 Å². The quantitative estimate of drug-likeness (QED) is 0.863. The lowest BCUT2D eigenvalue weighted by Gasteiger charge is -2.06. The Bertz CT molecular complexity index is 511. The fourth-order valence-corrected chi connectivity index (χ4v) is 2.29. The van der Waals surface area contributed by atoms with E-state index in [0.29, 0.717) is 5.82 Å². The van der Waals surface area contributed by atoms with Crippen molar-refractivity contribution in [1.29, 1.82) is 0 Å². The van der Waals surface area contributed by atoms with Gasteiger partial charge in [0, 0.05) is 17.3 Å². The lowest BCUT2D eigenvalue weighted by Crippen LogP contribution is -1.94. The van der Waals surface area contributed by atoms with Crippen molar-refractivity contribution in [3.05, 3.63) is 41.7 Å². The molecule has 1 aromatic heterocycles. The van der Waals surface area contributed by atoms with Crippen molar-refractivity contribution < 1.29 is 0 Å². The summed E-state index contributed by atoms with van der Waals surface area (Å²) in [7, 11) is 0. The molecule has 16 heavy (non-hydrogen) atoms. The van der Waals surface area contributed by atoms with Crippen LogP contribution in [0.1, 0.15) is 11.1 Å². The number of nitrogens with two attached hydrogens (primary N) is 1. The van der Waals surface area contributed by atoms with Crippen molar-refractivity contribution in [3.63, 3.8) is 0 Å². The number of hydrogen-bond donors (Lipinski definition) is 1. The summed E-state index contributed by atoms with van der Waals surface area (Å²) in [5.74, 6) is 0.480. The lowest BCUT2D eigenvalue weighted by molar-refractivity contribution is 1.07. The fourth-order valence-electron chi connectivity index (χ4n) is 1.34. The molecule has 82 valence electrons. The summed E-state index contributed by atoms with van der Waals surface area (Å²) in [5, 5.41) is 0.760. The van der Waals surface area contributed by atoms with Crippen molar-refractivity contribution in [3.8, 4) is 0 Å². The van der Waals surface area contributed by atoms with E-state index in [-0.39, 0.29) is 0 Å². The molecule has 0 fully saturated rings. The average molecular weight is 231 g/mol. The van der Waals surface area contributed by atoms with E-state index in [9.17, 15) is 0 Å². The zero-order valence-electron chi connectivity index (χ0n) is 9.27. The van der Waals surface area contributed by atoms with Crippen molar-refractivity contribution >= 4 is 17.6 Å². The summed E-state index contributed by atoms with van der Waals surface area (Å²) in [6.45, 7) is 4.15. The van der Waals surface area contributed by atoms with Crippen LogP contribution in [0.5, 0.6) is 0 Å². The first-order valence-corrected chi connectivity index (χ1v) is 5.80. The highest BCUT2D eigenvalue weighted by Gasteiger charge is 2.06. The number of rotatable bonds is 2. The molecule has 0 saturated carbocycles. The smallest absolute Gasteiger partial charge is 0.156 e. The van der Waals surface area contributed by atoms with E-state index in [2.05, 4.69) is 42.0 Å². The number of benzene rings is 1. The number of hydrogen-bond acceptors (Lipinski definition) is 4. The molecule has 4 heteroatoms. The van der Waals surface area contributed by atoms with Crippen LogP contribution in [-0.4, -0.2) is 9.97 Å². The van der Waals surface area contributed by atoms with Gasteiger partial charge >= 0.3 is 0 Å². The minimum Gasteiger partial charge on any atom is -0.381 e. The molecule has 0 aliphatic rings. The van der Waals surface area contributed by atoms with E-state index in [1.807, 2.05) is 0 Å². The lowest BCUT2D eigenvalue weighted by atomic mass is 10.2. The summed E-state index contributed by atoms with van der Waals surface area (Å²) in [6.07, 6.45) is 3.26. The summed E-state index contributed by atoms with van der Waals surface area (Å²) in [4.78, 5) is 9.41. The first kappa shape index (κ1) is 11.0. The molecule has 0 unspecified atom stereocenters. The Morgan fingerprint density at radius 2 is 1.88 bits per heavy atom. The molecule has 2 rings (SSSR count). The Morgan fingerprint density at radius 1 is 1.12 bits per heavy atom. The molecule has 2 aromatic rings. The molecule has 3 nitrogen and oxygen atoms in total. The third kappa shape index (κ3) is 2.33. The summed E-state index contributed by atoms with van der Waals surface area (Å²) in [5.41, 5.74) is 8.22. The highest BCUT2D eigenvalue weighted by Crippen LogP contribution is 2.31. The SMILES string of the molecule is Cc1ccc(C)c(Sc2nccnc2N)c1. The monoisotopic (exact) mass is 231 g/mol. The van der Waals surface area contributed by atoms with E-state index >= 15 is 0 Å². The normalized spacial score (nSPS) is 10.4. The van der Waals surface area contributed by atoms with Crippen LogP contribution in [0.3, 0.4) is 0 Å². The van der Waals surface area contributed by atoms with Gasteiger partial charge in [0.05, 0.1) is 0 Å². The molecular weight excluding hydrogens is 218 g/mol. The van der Waals surface area contributed by atoms with Crippen LogP contribution in [0.4, 0.5) is 5.82 Å². The fraction of sp³-hybridized carbons (Fsp3) is 0.167. The molecular formula is C12H13N3S. The Morgan fingerprint density at radius 3 is 2.62 bits per heavy atom. The molecule has 0 spiro atoms. The maximum atomic E-state index is 5.76. The summed E-state index contributed by atoms with van der Waals surface area (Å²) >= 11 is 1.56. The van der Waals surface area contributed by atoms with Gasteiger partial charge in [-0.25, -0.2) is 9.97 Å². The van der Waals surface area contributed by atoms with Gasteiger partial charge in [0.1, 0.15) is 5.03 Å². The zero-order valence-corrected chi connectivity index (χ0v) is 10.1. The van der Waals surface area contributed by atoms with Crippen LogP contribution < -0.4 is 5.73 Å². The van der Waals surface area contributed by atoms with Crippen LogP contribution >= 0.6 is 11.8 Å². The number of aryl methyl sites for hydroxylation is 2. The Kier molecular flexibility index (Phi) is 3.10. The average Bonchev–Trinajstić information content (AvgIpc) is 2.27. The zero-order chi connectivity index (χ0) is 11.5. The van der Waals surface area contributed by atoms with Gasteiger partial charge in [0.25, 0.3) is 0 Å². The maximum Gasteiger partial charge on any atom is 0.156 e. The standard InChI is InChI=1S/C12H13N3S/c1-8-3-4-9(2)10(7-8)16-12-11(13)14-5-6-15-12/h3-7H,1-2H3,(H2,13,14). The van der Waals surface area contributed by atoms with E-state index in [1.165, 1.54) is 16.0 Å². The summed E-state index contributed by atoms with van der Waals surface area (Å²) < 4.78 is 0. The third-order valence-corrected chi connectivity index (χ3v) is 3.41. The van der Waals surface area contributed by atoms with Crippen molar-refractivity contribution in [2.75, 3.05) is 5.73 Å². The summed E-state index contributed by atoms with van der Waals surface area (Å²) in [6, 6.07) is 6.33. The van der Waals surface area contributed by atoms with Gasteiger partial charge < -0.3 is 5.73 Å². The molecule has 1 aromatic carbocycles. The molecule has 0 atom stereocenters. The van der Waals surface area contributed by atoms with Gasteiger partial charge in [-0.2, -0.15) is 0 Å². The Labute approximate surface area is 99.1 Å². The van der Waals surface area contributed by atoms with Gasteiger partial charge in [-0.3, -0.25) is 0 Å². The number of aromatic nitrogens is 2. The first-order valence-electron chi connectivity index (χ1n) is 4.98. The topological polar surface area (TPSA) is 51.8 Å². The van der Waals surface area contributed by atoms with Crippen molar-refractivity contribution in [1.82, 2.24) is 9.97 Å². The van der Waals surface area contributed by atoms with Crippen molar-refractivity contribution in [2.24, 2.45) is 0 Å². The van der Waals surface area contributed by atoms with E-state index in [4.69, 9.17) is 5.73 Å². The van der Waals surface area contributed by atoms with Gasteiger partial charge in [-0.1, -0.05) is 23.9 Å². The molecule has 0 saturated heterocycles. The molecule has 0 radical (unpaired) electrons. The first-order chi connectivity index (χ1) is 7.66. The second-order valence-corrected chi connectivity index (χ2v) is 4.65. The molecule has 0 aliphatic carbocycles. The van der Waals surface area contributed by atoms with Gasteiger partial charge in [-0.05, 0) is 31.0 Å². The molecule has 0 bridgehead atoms. The van der Waals surface area contributed by atoms with Crippen molar-refractivity contribution in [2.45, 2.75) is 23.8 Å². The molecule has 2 N–H and O–H groups in total. The molecule has 1 heterocycles. The van der Waals surface area contributed by atoms with Crippen LogP contribution in [0.15, 0.2) is 40.5 Å². The van der Waals surface area contributed by atoms with Gasteiger partial charge in [0.15, 0.2) is 5.82 Å². The van der Waals surface area contributed by atoms with Crippen LogP contribution in [0.2, 0.25) is 0 Å². The predicted molar refractivity (Wildman–Crippen MR) is 66.5 cm³/mol. The second kappa shape index (κ2) is 4.53. The maximum absolute atomic E-state index is 5.76. The van der Waals surface area contributed by atoms with E-state index in [0.717, 1.165) is 5.03 Å². The number of nitrogens with zero attached hydrogens (tertiary/aromatic N) is 2. The highest BCUT2D eigenvalue weighted by atomic mass is 32.2. The highest BCUT2D eigenvalue weighted by molar-refractivity contribution is 7.99. The number of nitrogen functional groups attached to an aromatic ring is 1. The minimum atomic E-state index is 0.480. The predicted octanol–water partition coefficient (Wildman–Crippen LogP) is 2.83. The molecule has 0 amide bonds.